The van der Waals surface area contributed by atoms with Gasteiger partial charge in [0.15, 0.2) is 5.78 Å². The molecule has 118 valence electrons. The first-order valence-corrected chi connectivity index (χ1v) is 8.02. The van der Waals surface area contributed by atoms with Crippen LogP contribution in [0.5, 0.6) is 0 Å². The second kappa shape index (κ2) is 7.34. The van der Waals surface area contributed by atoms with E-state index in [0.717, 1.165) is 31.2 Å². The quantitative estimate of drug-likeness (QED) is 0.439. The fourth-order valence-corrected chi connectivity index (χ4v) is 2.66. The topological polar surface area (TPSA) is 49.7 Å². The summed E-state index contributed by atoms with van der Waals surface area (Å²) in [6, 6.07) is 7.34. The SMILES string of the molecule is CCCCCCN1N=C(C)[C@H](C(=O)c2ccc(C)cc2)C1=O. The molecule has 22 heavy (non-hydrogen) atoms. The second-order valence-corrected chi connectivity index (χ2v) is 5.93. The van der Waals surface area contributed by atoms with Crippen molar-refractivity contribution >= 4 is 17.4 Å². The maximum atomic E-state index is 12.6. The highest BCUT2D eigenvalue weighted by atomic mass is 16.2. The van der Waals surface area contributed by atoms with Crippen molar-refractivity contribution in [3.8, 4) is 0 Å². The van der Waals surface area contributed by atoms with E-state index in [0.29, 0.717) is 17.8 Å². The first kappa shape index (κ1) is 16.4. The van der Waals surface area contributed by atoms with Gasteiger partial charge in [-0.05, 0) is 20.3 Å². The molecule has 0 radical (unpaired) electrons. The largest absolute Gasteiger partial charge is 0.293 e. The summed E-state index contributed by atoms with van der Waals surface area (Å²) in [6.45, 7) is 6.49. The summed E-state index contributed by atoms with van der Waals surface area (Å²) in [5.74, 6) is -1.07. The van der Waals surface area contributed by atoms with Crippen LogP contribution in [0.2, 0.25) is 0 Å². The molecule has 4 nitrogen and oxygen atoms in total. The van der Waals surface area contributed by atoms with Gasteiger partial charge in [-0.3, -0.25) is 9.59 Å². The third-order valence-electron chi connectivity index (χ3n) is 4.02. The Morgan fingerprint density at radius 2 is 1.82 bits per heavy atom. The van der Waals surface area contributed by atoms with Crippen LogP contribution in [0.15, 0.2) is 29.4 Å². The Morgan fingerprint density at radius 3 is 2.45 bits per heavy atom. The molecule has 0 spiro atoms. The maximum absolute atomic E-state index is 12.6. The number of amides is 1. The number of benzene rings is 1. The van der Waals surface area contributed by atoms with Crippen LogP contribution in [0.3, 0.4) is 0 Å². The van der Waals surface area contributed by atoms with E-state index in [1.54, 1.807) is 19.1 Å². The van der Waals surface area contributed by atoms with Gasteiger partial charge in [0.05, 0.1) is 5.71 Å². The van der Waals surface area contributed by atoms with Gasteiger partial charge in [0.2, 0.25) is 0 Å². The van der Waals surface area contributed by atoms with Crippen LogP contribution in [0.1, 0.15) is 55.5 Å². The monoisotopic (exact) mass is 300 g/mol. The molecule has 0 unspecified atom stereocenters. The smallest absolute Gasteiger partial charge is 0.259 e. The summed E-state index contributed by atoms with van der Waals surface area (Å²) >= 11 is 0. The number of carbonyl (C=O) groups is 2. The highest BCUT2D eigenvalue weighted by Gasteiger charge is 2.38. The Kier molecular flexibility index (Phi) is 5.47. The third kappa shape index (κ3) is 3.62. The molecule has 1 amide bonds. The fraction of sp³-hybridized carbons (Fsp3) is 0.500. The fourth-order valence-electron chi connectivity index (χ4n) is 2.66. The molecule has 0 fully saturated rings. The summed E-state index contributed by atoms with van der Waals surface area (Å²) in [5, 5.41) is 5.77. The summed E-state index contributed by atoms with van der Waals surface area (Å²) in [5.41, 5.74) is 2.27. The number of rotatable bonds is 7. The lowest BCUT2D eigenvalue weighted by atomic mass is 9.93. The number of ketones is 1. The van der Waals surface area contributed by atoms with E-state index in [-0.39, 0.29) is 11.7 Å². The van der Waals surface area contributed by atoms with E-state index in [4.69, 9.17) is 0 Å². The summed E-state index contributed by atoms with van der Waals surface area (Å²) in [4.78, 5) is 25.0. The van der Waals surface area contributed by atoms with Crippen LogP contribution in [0.4, 0.5) is 0 Å². The van der Waals surface area contributed by atoms with Gasteiger partial charge in [-0.2, -0.15) is 5.10 Å². The Balaban J connectivity index is 2.03. The molecule has 1 atom stereocenters. The zero-order valence-corrected chi connectivity index (χ0v) is 13.6. The van der Waals surface area contributed by atoms with Gasteiger partial charge in [0.1, 0.15) is 5.92 Å². The number of hydrogen-bond donors (Lipinski definition) is 0. The molecule has 1 heterocycles. The molecule has 0 N–H and O–H groups in total. The lowest BCUT2D eigenvalue weighted by Gasteiger charge is -2.13. The number of unbranched alkanes of at least 4 members (excludes halogenated alkanes) is 3. The molecule has 1 aliphatic rings. The Bertz CT molecular complexity index is 575. The lowest BCUT2D eigenvalue weighted by molar-refractivity contribution is -0.130. The molecule has 1 aromatic rings. The van der Waals surface area contributed by atoms with Crippen molar-refractivity contribution in [2.24, 2.45) is 11.0 Å². The van der Waals surface area contributed by atoms with E-state index < -0.39 is 5.92 Å². The van der Waals surface area contributed by atoms with Crippen molar-refractivity contribution in [3.05, 3.63) is 35.4 Å². The molecule has 0 aromatic heterocycles. The van der Waals surface area contributed by atoms with Crippen LogP contribution in [0, 0.1) is 12.8 Å². The summed E-state index contributed by atoms with van der Waals surface area (Å²) < 4.78 is 0. The zero-order valence-electron chi connectivity index (χ0n) is 13.6. The molecule has 1 aromatic carbocycles. The zero-order chi connectivity index (χ0) is 16.1. The normalized spacial score (nSPS) is 17.8. The van der Waals surface area contributed by atoms with Crippen LogP contribution in [-0.2, 0) is 4.79 Å². The first-order valence-electron chi connectivity index (χ1n) is 8.02. The molecule has 1 aliphatic heterocycles. The maximum Gasteiger partial charge on any atom is 0.259 e. The number of nitrogens with zero attached hydrogens (tertiary/aromatic N) is 2. The van der Waals surface area contributed by atoms with E-state index in [2.05, 4.69) is 12.0 Å². The van der Waals surface area contributed by atoms with E-state index >= 15 is 0 Å². The summed E-state index contributed by atoms with van der Waals surface area (Å²) in [6.07, 6.45) is 4.34. The van der Waals surface area contributed by atoms with Crippen LogP contribution >= 0.6 is 0 Å². The molecular weight excluding hydrogens is 276 g/mol. The van der Waals surface area contributed by atoms with Crippen molar-refractivity contribution in [2.45, 2.75) is 46.5 Å². The van der Waals surface area contributed by atoms with E-state index in [1.807, 2.05) is 19.1 Å². The van der Waals surface area contributed by atoms with E-state index in [1.165, 1.54) is 5.01 Å². The minimum absolute atomic E-state index is 0.151. The van der Waals surface area contributed by atoms with Crippen molar-refractivity contribution in [2.75, 3.05) is 6.54 Å². The molecule has 4 heteroatoms. The van der Waals surface area contributed by atoms with Crippen molar-refractivity contribution in [3.63, 3.8) is 0 Å². The van der Waals surface area contributed by atoms with Crippen molar-refractivity contribution in [1.82, 2.24) is 5.01 Å². The number of aryl methyl sites for hydroxylation is 1. The number of hydrogen-bond acceptors (Lipinski definition) is 3. The van der Waals surface area contributed by atoms with Gasteiger partial charge in [-0.1, -0.05) is 56.0 Å². The van der Waals surface area contributed by atoms with Gasteiger partial charge in [-0.15, -0.1) is 0 Å². The predicted octanol–water partition coefficient (Wildman–Crippen LogP) is 3.59. The van der Waals surface area contributed by atoms with Gasteiger partial charge in [0, 0.05) is 12.1 Å². The lowest BCUT2D eigenvalue weighted by Crippen LogP contribution is -2.33. The number of carbonyl (C=O) groups excluding carboxylic acids is 2. The van der Waals surface area contributed by atoms with Gasteiger partial charge in [-0.25, -0.2) is 5.01 Å². The van der Waals surface area contributed by atoms with E-state index in [9.17, 15) is 9.59 Å². The standard InChI is InChI=1S/C18H24N2O2/c1-4-5-6-7-12-20-18(22)16(14(3)19-20)17(21)15-10-8-13(2)9-11-15/h8-11,16H,4-7,12H2,1-3H3/t16-/m1/s1. The minimum Gasteiger partial charge on any atom is -0.293 e. The molecular formula is C18H24N2O2. The van der Waals surface area contributed by atoms with Gasteiger partial charge >= 0.3 is 0 Å². The predicted molar refractivity (Wildman–Crippen MR) is 88.0 cm³/mol. The Hall–Kier alpha value is -1.97. The number of hydrazone groups is 1. The van der Waals surface area contributed by atoms with Crippen LogP contribution in [0.25, 0.3) is 0 Å². The molecule has 2 rings (SSSR count). The minimum atomic E-state index is -0.742. The van der Waals surface area contributed by atoms with Crippen molar-refractivity contribution in [1.29, 1.82) is 0 Å². The van der Waals surface area contributed by atoms with Crippen molar-refractivity contribution < 1.29 is 9.59 Å². The van der Waals surface area contributed by atoms with Crippen LogP contribution < -0.4 is 0 Å². The van der Waals surface area contributed by atoms with Crippen LogP contribution in [-0.4, -0.2) is 29.0 Å². The molecule has 0 saturated heterocycles. The molecule has 0 saturated carbocycles. The average Bonchev–Trinajstić information content (AvgIpc) is 2.78. The first-order chi connectivity index (χ1) is 10.5. The highest BCUT2D eigenvalue weighted by molar-refractivity contribution is 6.26. The third-order valence-corrected chi connectivity index (χ3v) is 4.02. The molecule has 0 aliphatic carbocycles. The highest BCUT2D eigenvalue weighted by Crippen LogP contribution is 2.21. The average molecular weight is 300 g/mol. The molecule has 0 bridgehead atoms. The van der Waals surface area contributed by atoms with Gasteiger partial charge in [0.25, 0.3) is 5.91 Å². The Labute approximate surface area is 132 Å². The summed E-state index contributed by atoms with van der Waals surface area (Å²) in [7, 11) is 0. The Morgan fingerprint density at radius 1 is 1.14 bits per heavy atom. The van der Waals surface area contributed by atoms with Gasteiger partial charge < -0.3 is 0 Å². The second-order valence-electron chi connectivity index (χ2n) is 5.93. The number of Topliss-reactive ketones (excluding diaryl/α,β-unsaturated/α-hetero) is 1.